The van der Waals surface area contributed by atoms with E-state index in [0.29, 0.717) is 27.7 Å². The summed E-state index contributed by atoms with van der Waals surface area (Å²) in [5.74, 6) is -1.59. The molecule has 7 nitrogen and oxygen atoms in total. The van der Waals surface area contributed by atoms with Crippen molar-refractivity contribution in [3.63, 3.8) is 0 Å². The Morgan fingerprint density at radius 3 is 2.27 bits per heavy atom. The molecule has 0 bridgehead atoms. The van der Waals surface area contributed by atoms with E-state index in [-0.39, 0.29) is 28.7 Å². The van der Waals surface area contributed by atoms with Gasteiger partial charge in [0.15, 0.2) is 0 Å². The molecule has 2 aromatic heterocycles. The smallest absolute Gasteiger partial charge is 0.348 e. The lowest BCUT2D eigenvalue weighted by molar-refractivity contribution is 0.0527. The number of amides is 1. The molecular weight excluding hydrogens is 488 g/mol. The first-order valence-corrected chi connectivity index (χ1v) is 13.0. The zero-order valence-corrected chi connectivity index (χ0v) is 22.0. The maximum atomic E-state index is 13.7. The van der Waals surface area contributed by atoms with Crippen LogP contribution in [0.15, 0.2) is 54.6 Å². The fourth-order valence-electron chi connectivity index (χ4n) is 4.03. The molecule has 0 atom stereocenters. The minimum atomic E-state index is -0.613. The summed E-state index contributed by atoms with van der Waals surface area (Å²) in [5.41, 5.74) is 4.39. The second-order valence-electron chi connectivity index (χ2n) is 8.28. The van der Waals surface area contributed by atoms with Crippen molar-refractivity contribution < 1.29 is 23.9 Å². The van der Waals surface area contributed by atoms with Gasteiger partial charge in [-0.05, 0) is 50.5 Å². The van der Waals surface area contributed by atoms with Crippen LogP contribution in [0.1, 0.15) is 62.3 Å². The van der Waals surface area contributed by atoms with Gasteiger partial charge in [-0.2, -0.15) is 0 Å². The van der Waals surface area contributed by atoms with Crippen molar-refractivity contribution in [2.24, 2.45) is 0 Å². The standard InChI is InChI=1S/C29H28N2O5S/c1-5-18-12-14-19(15-13-18)23-16-21(20-10-8-9-11-22(20)30-23)26(32)31-27-24(28(33)35-6-2)17(4)25(37-27)29(34)36-7-3/h8-16H,5-7H2,1-4H3,(H,31,32). The summed E-state index contributed by atoms with van der Waals surface area (Å²) in [5, 5.41) is 3.76. The summed E-state index contributed by atoms with van der Waals surface area (Å²) >= 11 is 0.998. The fourth-order valence-corrected chi connectivity index (χ4v) is 5.12. The van der Waals surface area contributed by atoms with Crippen molar-refractivity contribution in [2.75, 3.05) is 18.5 Å². The van der Waals surface area contributed by atoms with Crippen molar-refractivity contribution in [1.29, 1.82) is 0 Å². The molecule has 0 saturated heterocycles. The third-order valence-electron chi connectivity index (χ3n) is 5.93. The van der Waals surface area contributed by atoms with Gasteiger partial charge < -0.3 is 14.8 Å². The van der Waals surface area contributed by atoms with Crippen LogP contribution in [0.2, 0.25) is 0 Å². The number of nitrogens with zero attached hydrogens (tertiary/aromatic N) is 1. The Morgan fingerprint density at radius 2 is 1.59 bits per heavy atom. The summed E-state index contributed by atoms with van der Waals surface area (Å²) in [6, 6.07) is 17.2. The van der Waals surface area contributed by atoms with Crippen LogP contribution in [0, 0.1) is 6.92 Å². The number of benzene rings is 2. The first kappa shape index (κ1) is 26.0. The maximum absolute atomic E-state index is 13.7. The fraction of sp³-hybridized carbons (Fsp3) is 0.241. The van der Waals surface area contributed by atoms with Crippen LogP contribution in [0.5, 0.6) is 0 Å². The molecule has 4 rings (SSSR count). The Kier molecular flexibility index (Phi) is 7.98. The molecule has 2 aromatic carbocycles. The number of hydrogen-bond acceptors (Lipinski definition) is 7. The zero-order chi connectivity index (χ0) is 26.5. The van der Waals surface area contributed by atoms with Crippen molar-refractivity contribution >= 4 is 45.1 Å². The zero-order valence-electron chi connectivity index (χ0n) is 21.2. The summed E-state index contributed by atoms with van der Waals surface area (Å²) < 4.78 is 10.4. The first-order chi connectivity index (χ1) is 17.9. The van der Waals surface area contributed by atoms with E-state index in [1.165, 1.54) is 5.56 Å². The predicted molar refractivity (Wildman–Crippen MR) is 145 cm³/mol. The number of nitrogens with one attached hydrogen (secondary N) is 1. The lowest BCUT2D eigenvalue weighted by Gasteiger charge is -2.11. The quantitative estimate of drug-likeness (QED) is 0.271. The molecule has 2 heterocycles. The van der Waals surface area contributed by atoms with Gasteiger partial charge >= 0.3 is 11.9 Å². The molecule has 4 aromatic rings. The number of fused-ring (bicyclic) bond motifs is 1. The molecule has 190 valence electrons. The molecule has 0 unspecified atom stereocenters. The molecule has 0 radical (unpaired) electrons. The second-order valence-corrected chi connectivity index (χ2v) is 9.30. The van der Waals surface area contributed by atoms with Gasteiger partial charge in [0.1, 0.15) is 9.88 Å². The summed E-state index contributed by atoms with van der Waals surface area (Å²) in [6.07, 6.45) is 0.926. The minimum Gasteiger partial charge on any atom is -0.462 e. The van der Waals surface area contributed by atoms with Crippen LogP contribution >= 0.6 is 11.3 Å². The molecule has 1 N–H and O–H groups in total. The van der Waals surface area contributed by atoms with E-state index in [1.807, 2.05) is 48.5 Å². The Hall–Kier alpha value is -4.04. The normalized spacial score (nSPS) is 10.8. The van der Waals surface area contributed by atoms with Crippen LogP contribution in [0.4, 0.5) is 5.00 Å². The Labute approximate surface area is 219 Å². The molecule has 0 aliphatic rings. The molecule has 0 fully saturated rings. The largest absolute Gasteiger partial charge is 0.462 e. The van der Waals surface area contributed by atoms with Crippen molar-refractivity contribution in [2.45, 2.75) is 34.1 Å². The third kappa shape index (κ3) is 5.39. The Morgan fingerprint density at radius 1 is 0.919 bits per heavy atom. The van der Waals surface area contributed by atoms with E-state index in [0.717, 1.165) is 23.3 Å². The third-order valence-corrected chi connectivity index (χ3v) is 7.12. The molecule has 0 aliphatic heterocycles. The molecule has 37 heavy (non-hydrogen) atoms. The van der Waals surface area contributed by atoms with Gasteiger partial charge in [0.25, 0.3) is 5.91 Å². The highest BCUT2D eigenvalue weighted by Gasteiger charge is 2.28. The highest BCUT2D eigenvalue weighted by molar-refractivity contribution is 7.18. The van der Waals surface area contributed by atoms with Crippen LogP contribution in [-0.4, -0.2) is 36.0 Å². The van der Waals surface area contributed by atoms with Gasteiger partial charge in [0, 0.05) is 10.9 Å². The van der Waals surface area contributed by atoms with Crippen LogP contribution < -0.4 is 5.32 Å². The number of carbonyl (C=O) groups excluding carboxylic acids is 3. The molecule has 0 saturated carbocycles. The Balaban J connectivity index is 1.79. The maximum Gasteiger partial charge on any atom is 0.348 e. The number of hydrogen-bond donors (Lipinski definition) is 1. The highest BCUT2D eigenvalue weighted by atomic mass is 32.1. The van der Waals surface area contributed by atoms with E-state index < -0.39 is 17.8 Å². The lowest BCUT2D eigenvalue weighted by atomic mass is 10.0. The van der Waals surface area contributed by atoms with Crippen molar-refractivity contribution in [3.8, 4) is 11.3 Å². The number of ether oxygens (including phenoxy) is 2. The summed E-state index contributed by atoms with van der Waals surface area (Å²) in [7, 11) is 0. The van der Waals surface area contributed by atoms with Gasteiger partial charge in [0.2, 0.25) is 0 Å². The van der Waals surface area contributed by atoms with E-state index in [4.69, 9.17) is 14.5 Å². The van der Waals surface area contributed by atoms with Crippen LogP contribution in [0.25, 0.3) is 22.2 Å². The number of carbonyl (C=O) groups is 3. The highest BCUT2D eigenvalue weighted by Crippen LogP contribution is 2.35. The van der Waals surface area contributed by atoms with E-state index in [2.05, 4.69) is 12.2 Å². The topological polar surface area (TPSA) is 94.6 Å². The average Bonchev–Trinajstić information content (AvgIpc) is 3.23. The number of aryl methyl sites for hydroxylation is 1. The van der Waals surface area contributed by atoms with Gasteiger partial charge in [-0.3, -0.25) is 4.79 Å². The molecule has 0 aliphatic carbocycles. The molecule has 1 amide bonds. The van der Waals surface area contributed by atoms with Crippen molar-refractivity contribution in [1.82, 2.24) is 4.98 Å². The second kappa shape index (κ2) is 11.3. The summed E-state index contributed by atoms with van der Waals surface area (Å²) in [6.45, 7) is 7.49. The number of aromatic nitrogens is 1. The van der Waals surface area contributed by atoms with Gasteiger partial charge in [-0.25, -0.2) is 14.6 Å². The Bertz CT molecular complexity index is 1470. The number of para-hydroxylation sites is 1. The first-order valence-electron chi connectivity index (χ1n) is 12.2. The van der Waals surface area contributed by atoms with Gasteiger partial charge in [-0.15, -0.1) is 11.3 Å². The van der Waals surface area contributed by atoms with E-state index in [1.54, 1.807) is 26.8 Å². The number of pyridine rings is 1. The monoisotopic (exact) mass is 516 g/mol. The summed E-state index contributed by atoms with van der Waals surface area (Å²) in [4.78, 5) is 44.0. The van der Waals surface area contributed by atoms with Gasteiger partial charge in [0.05, 0.1) is 35.6 Å². The van der Waals surface area contributed by atoms with Crippen LogP contribution in [-0.2, 0) is 15.9 Å². The number of anilines is 1. The predicted octanol–water partition coefficient (Wildman–Crippen LogP) is 6.44. The number of rotatable bonds is 8. The number of thiophene rings is 1. The SMILES string of the molecule is CCOC(=O)c1sc(NC(=O)c2cc(-c3ccc(CC)cc3)nc3ccccc23)c(C(=O)OCC)c1C. The van der Waals surface area contributed by atoms with Crippen LogP contribution in [0.3, 0.4) is 0 Å². The lowest BCUT2D eigenvalue weighted by Crippen LogP contribution is -2.15. The minimum absolute atomic E-state index is 0.150. The number of esters is 2. The van der Waals surface area contributed by atoms with Crippen molar-refractivity contribution in [3.05, 3.63) is 81.7 Å². The average molecular weight is 517 g/mol. The molecule has 8 heteroatoms. The molecular formula is C29H28N2O5S. The molecule has 0 spiro atoms. The van der Waals surface area contributed by atoms with E-state index in [9.17, 15) is 14.4 Å². The van der Waals surface area contributed by atoms with E-state index >= 15 is 0 Å². The van der Waals surface area contributed by atoms with Gasteiger partial charge in [-0.1, -0.05) is 49.4 Å².